The van der Waals surface area contributed by atoms with Crippen molar-refractivity contribution in [3.63, 3.8) is 0 Å². The van der Waals surface area contributed by atoms with Gasteiger partial charge in [0.05, 0.1) is 0 Å². The molecule has 1 N–H and O–H groups in total. The number of aliphatic carboxylic acids is 1. The predicted octanol–water partition coefficient (Wildman–Crippen LogP) is 0.443. The summed E-state index contributed by atoms with van der Waals surface area (Å²) in [5.74, 6) is -1.17. The summed E-state index contributed by atoms with van der Waals surface area (Å²) in [4.78, 5) is 9.47. The molecular formula is C3H3ClO2Tl. The average Bonchev–Trinajstić information content (AvgIpc) is 1.36. The van der Waals surface area contributed by atoms with Gasteiger partial charge >= 0.3 is 5.97 Å². The van der Waals surface area contributed by atoms with Gasteiger partial charge in [0.25, 0.3) is 0 Å². The van der Waals surface area contributed by atoms with E-state index in [1.54, 1.807) is 0 Å². The van der Waals surface area contributed by atoms with E-state index in [1.165, 1.54) is 0 Å². The van der Waals surface area contributed by atoms with Crippen molar-refractivity contribution >= 4 is 44.9 Å². The third kappa shape index (κ3) is 6.42. The van der Waals surface area contributed by atoms with Crippen molar-refractivity contribution in [2.45, 2.75) is 0 Å². The van der Waals surface area contributed by atoms with E-state index >= 15 is 0 Å². The number of rotatable bonds is 1. The molecule has 1 radical (unpaired) electrons. The van der Waals surface area contributed by atoms with Crippen LogP contribution in [0.15, 0.2) is 11.6 Å². The maximum Gasteiger partial charge on any atom is 0.346 e. The third-order valence-corrected chi connectivity index (χ3v) is 0.394. The van der Waals surface area contributed by atoms with Crippen molar-refractivity contribution in [3.8, 4) is 0 Å². The first kappa shape index (κ1) is 10.4. The van der Waals surface area contributed by atoms with E-state index in [-0.39, 0.29) is 32.3 Å². The fourth-order valence-electron chi connectivity index (χ4n) is 0. The zero-order valence-corrected chi connectivity index (χ0v) is 8.76. The zero-order valence-electron chi connectivity index (χ0n) is 3.52. The Morgan fingerprint density at radius 1 is 1.71 bits per heavy atom. The molecule has 0 unspecified atom stereocenters. The van der Waals surface area contributed by atoms with Crippen LogP contribution in [0.4, 0.5) is 0 Å². The van der Waals surface area contributed by atoms with Crippen molar-refractivity contribution in [1.29, 1.82) is 0 Å². The van der Waals surface area contributed by atoms with Gasteiger partial charge in [0.15, 0.2) is 0 Å². The summed E-state index contributed by atoms with van der Waals surface area (Å²) in [6, 6.07) is 0. The Morgan fingerprint density at radius 2 is 1.86 bits per heavy atom. The van der Waals surface area contributed by atoms with Gasteiger partial charge in [-0.25, -0.2) is 4.79 Å². The van der Waals surface area contributed by atoms with E-state index in [9.17, 15) is 4.79 Å². The molecule has 0 spiro atoms. The quantitative estimate of drug-likeness (QED) is 0.564. The van der Waals surface area contributed by atoms with Gasteiger partial charge in [-0.2, -0.15) is 0 Å². The normalized spacial score (nSPS) is 6.43. The molecule has 0 atom stereocenters. The number of carboxylic acids is 1. The van der Waals surface area contributed by atoms with Crippen LogP contribution in [0.25, 0.3) is 0 Å². The summed E-state index contributed by atoms with van der Waals surface area (Å²) < 4.78 is 0. The molecule has 0 aliphatic carbocycles. The van der Waals surface area contributed by atoms with Crippen LogP contribution in [0.3, 0.4) is 0 Å². The van der Waals surface area contributed by atoms with Crippen LogP contribution >= 0.6 is 11.6 Å². The molecule has 0 aromatic heterocycles. The SMILES string of the molecule is C=C(Cl)C(=O)O.[Tl]. The molecule has 0 saturated carbocycles. The van der Waals surface area contributed by atoms with E-state index in [0.717, 1.165) is 0 Å². The summed E-state index contributed by atoms with van der Waals surface area (Å²) in [7, 11) is 0. The molecule has 0 fully saturated rings. The smallest absolute Gasteiger partial charge is 0.346 e. The second-order valence-corrected chi connectivity index (χ2v) is 1.17. The van der Waals surface area contributed by atoms with Crippen LogP contribution in [-0.2, 0) is 4.79 Å². The molecule has 0 aromatic carbocycles. The Morgan fingerprint density at radius 3 is 1.86 bits per heavy atom. The largest absolute Gasteiger partial charge is 0.477 e. The third-order valence-electron chi connectivity index (χ3n) is 0.232. The fourth-order valence-corrected chi connectivity index (χ4v) is 0. The number of halogens is 1. The van der Waals surface area contributed by atoms with Gasteiger partial charge in [0, 0.05) is 27.3 Å². The summed E-state index contributed by atoms with van der Waals surface area (Å²) in [5.41, 5.74) is 0. The fraction of sp³-hybridized carbons (Fsp3) is 0. The van der Waals surface area contributed by atoms with Crippen LogP contribution in [0.1, 0.15) is 0 Å². The molecule has 0 aliphatic heterocycles. The number of hydrogen-bond acceptors (Lipinski definition) is 1. The van der Waals surface area contributed by atoms with Crippen molar-refractivity contribution in [2.24, 2.45) is 0 Å². The Kier molecular flexibility index (Phi) is 6.81. The first-order chi connectivity index (χ1) is 2.64. The standard InChI is InChI=1S/C3H3ClO2.Tl/c1-2(4)3(5)6;/h1H2,(H,5,6);. The molecule has 0 saturated heterocycles. The minimum Gasteiger partial charge on any atom is -0.477 e. The van der Waals surface area contributed by atoms with Crippen molar-refractivity contribution in [3.05, 3.63) is 11.6 Å². The van der Waals surface area contributed by atoms with E-state index < -0.39 is 5.97 Å². The molecule has 0 aromatic rings. The molecule has 7 heavy (non-hydrogen) atoms. The molecule has 0 bridgehead atoms. The molecule has 4 heteroatoms. The number of carboxylic acid groups (broad SMARTS) is 1. The molecule has 0 rings (SSSR count). The van der Waals surface area contributed by atoms with Crippen LogP contribution in [0.5, 0.6) is 0 Å². The minimum atomic E-state index is -1.17. The van der Waals surface area contributed by atoms with Gasteiger partial charge in [0.2, 0.25) is 0 Å². The van der Waals surface area contributed by atoms with Crippen molar-refractivity contribution < 1.29 is 9.90 Å². The first-order valence-corrected chi connectivity index (χ1v) is 1.60. The first-order valence-electron chi connectivity index (χ1n) is 1.22. The zero-order chi connectivity index (χ0) is 5.15. The van der Waals surface area contributed by atoms with Gasteiger partial charge in [-0.15, -0.1) is 0 Å². The summed E-state index contributed by atoms with van der Waals surface area (Å²) in [6.07, 6.45) is 0. The van der Waals surface area contributed by atoms with Gasteiger partial charge in [0.1, 0.15) is 5.03 Å². The maximum absolute atomic E-state index is 9.47. The molecule has 0 aliphatic rings. The average molecular weight is 311 g/mol. The van der Waals surface area contributed by atoms with Crippen LogP contribution in [0, 0.1) is 0 Å². The Labute approximate surface area is 66.3 Å². The Balaban J connectivity index is 0. The summed E-state index contributed by atoms with van der Waals surface area (Å²) >= 11 is 4.82. The van der Waals surface area contributed by atoms with Gasteiger partial charge in [-0.05, 0) is 0 Å². The Hall–Kier alpha value is 0.422. The van der Waals surface area contributed by atoms with Crippen LogP contribution < -0.4 is 0 Å². The molecule has 2 nitrogen and oxygen atoms in total. The molecule has 0 amide bonds. The van der Waals surface area contributed by atoms with Gasteiger partial charge in [-0.3, -0.25) is 0 Å². The second kappa shape index (κ2) is 4.58. The minimum absolute atomic E-state index is 0. The topological polar surface area (TPSA) is 37.3 Å². The van der Waals surface area contributed by atoms with Crippen LogP contribution in [0.2, 0.25) is 0 Å². The van der Waals surface area contributed by atoms with Gasteiger partial charge < -0.3 is 5.11 Å². The molecular weight excluding hydrogens is 308 g/mol. The monoisotopic (exact) mass is 311 g/mol. The summed E-state index contributed by atoms with van der Waals surface area (Å²) in [5, 5.41) is 7.41. The molecule has 0 heterocycles. The van der Waals surface area contributed by atoms with Crippen LogP contribution in [-0.4, -0.2) is 38.4 Å². The van der Waals surface area contributed by atoms with E-state index in [1.807, 2.05) is 0 Å². The van der Waals surface area contributed by atoms with E-state index in [2.05, 4.69) is 6.58 Å². The van der Waals surface area contributed by atoms with Crippen molar-refractivity contribution in [1.82, 2.24) is 0 Å². The number of hydrogen-bond donors (Lipinski definition) is 1. The summed E-state index contributed by atoms with van der Waals surface area (Å²) in [6.45, 7) is 2.92. The predicted molar refractivity (Wildman–Crippen MR) is 28.4 cm³/mol. The number of carbonyl (C=O) groups is 1. The van der Waals surface area contributed by atoms with Crippen molar-refractivity contribution in [2.75, 3.05) is 0 Å². The van der Waals surface area contributed by atoms with Gasteiger partial charge in [-0.1, -0.05) is 18.2 Å². The van der Waals surface area contributed by atoms with E-state index in [4.69, 9.17) is 16.7 Å². The Bertz CT molecular complexity index is 78.9. The molecule has 37 valence electrons. The maximum atomic E-state index is 9.47. The second-order valence-electron chi connectivity index (χ2n) is 0.710. The van der Waals surface area contributed by atoms with E-state index in [0.29, 0.717) is 0 Å².